The van der Waals surface area contributed by atoms with E-state index in [1.807, 2.05) is 0 Å². The molecule has 0 unspecified atom stereocenters. The van der Waals surface area contributed by atoms with Crippen molar-refractivity contribution in [1.29, 1.82) is 0 Å². The van der Waals surface area contributed by atoms with Crippen LogP contribution in [0.2, 0.25) is 0 Å². The van der Waals surface area contributed by atoms with Crippen LogP contribution in [-0.4, -0.2) is 27.0 Å². The highest BCUT2D eigenvalue weighted by atomic mass is 32.2. The van der Waals surface area contributed by atoms with Gasteiger partial charge in [-0.1, -0.05) is 6.07 Å². The number of halogens is 2. The summed E-state index contributed by atoms with van der Waals surface area (Å²) in [7, 11) is -3.13. The molecule has 0 saturated heterocycles. The van der Waals surface area contributed by atoms with Crippen LogP contribution in [0.1, 0.15) is 0 Å². The molecule has 15 heavy (non-hydrogen) atoms. The lowest BCUT2D eigenvalue weighted by Gasteiger charge is -2.07. The predicted molar refractivity (Wildman–Crippen MR) is 54.6 cm³/mol. The highest BCUT2D eigenvalue weighted by Gasteiger charge is 2.08. The van der Waals surface area contributed by atoms with E-state index in [1.165, 1.54) is 6.07 Å². The van der Waals surface area contributed by atoms with Gasteiger partial charge in [0.05, 0.1) is 5.75 Å². The molecule has 0 heterocycles. The Kier molecular flexibility index (Phi) is 3.62. The van der Waals surface area contributed by atoms with Gasteiger partial charge < -0.3 is 5.32 Å². The lowest BCUT2D eigenvalue weighted by molar-refractivity contribution is 0.587. The third-order valence-electron chi connectivity index (χ3n) is 1.74. The number of rotatable bonds is 4. The van der Waals surface area contributed by atoms with Gasteiger partial charge in [0.1, 0.15) is 27.2 Å². The summed E-state index contributed by atoms with van der Waals surface area (Å²) in [5.74, 6) is -1.63. The van der Waals surface area contributed by atoms with E-state index in [-0.39, 0.29) is 18.0 Å². The molecular weight excluding hydrogens is 224 g/mol. The van der Waals surface area contributed by atoms with Crippen LogP contribution in [0.3, 0.4) is 0 Å². The lowest BCUT2D eigenvalue weighted by atomic mass is 10.3. The summed E-state index contributed by atoms with van der Waals surface area (Å²) in [4.78, 5) is 0. The number of sulfone groups is 1. The number of para-hydroxylation sites is 1. The summed E-state index contributed by atoms with van der Waals surface area (Å²) in [6.07, 6.45) is 1.06. The predicted octanol–water partition coefficient (Wildman–Crippen LogP) is 1.42. The average molecular weight is 235 g/mol. The Morgan fingerprint density at radius 3 is 2.27 bits per heavy atom. The molecule has 1 N–H and O–H groups in total. The minimum Gasteiger partial charge on any atom is -0.379 e. The third kappa shape index (κ3) is 3.83. The van der Waals surface area contributed by atoms with Crippen molar-refractivity contribution < 1.29 is 17.2 Å². The van der Waals surface area contributed by atoms with Gasteiger partial charge in [-0.15, -0.1) is 0 Å². The zero-order valence-corrected chi connectivity index (χ0v) is 8.94. The van der Waals surface area contributed by atoms with Crippen LogP contribution >= 0.6 is 0 Å². The Bertz CT molecular complexity index is 425. The molecule has 0 aliphatic heterocycles. The van der Waals surface area contributed by atoms with Crippen LogP contribution < -0.4 is 5.32 Å². The topological polar surface area (TPSA) is 46.2 Å². The molecule has 0 aromatic heterocycles. The van der Waals surface area contributed by atoms with Gasteiger partial charge in [-0.25, -0.2) is 17.2 Å². The summed E-state index contributed by atoms with van der Waals surface area (Å²) >= 11 is 0. The molecule has 0 amide bonds. The van der Waals surface area contributed by atoms with Crippen molar-refractivity contribution in [2.45, 2.75) is 0 Å². The van der Waals surface area contributed by atoms with Crippen LogP contribution in [0.5, 0.6) is 0 Å². The second-order valence-electron chi connectivity index (χ2n) is 3.15. The minimum absolute atomic E-state index is 0.0172. The maximum atomic E-state index is 13.0. The van der Waals surface area contributed by atoms with Crippen molar-refractivity contribution in [1.82, 2.24) is 0 Å². The fourth-order valence-corrected chi connectivity index (χ4v) is 1.50. The largest absolute Gasteiger partial charge is 0.379 e. The molecule has 0 fully saturated rings. The van der Waals surface area contributed by atoms with Crippen LogP contribution in [0.25, 0.3) is 0 Å². The Hall–Kier alpha value is -1.17. The number of nitrogens with one attached hydrogen (secondary N) is 1. The van der Waals surface area contributed by atoms with E-state index < -0.39 is 21.5 Å². The van der Waals surface area contributed by atoms with Crippen molar-refractivity contribution in [3.8, 4) is 0 Å². The normalized spacial score (nSPS) is 11.4. The summed E-state index contributed by atoms with van der Waals surface area (Å²) in [5, 5.41) is 2.41. The Labute approximate surface area is 87.0 Å². The van der Waals surface area contributed by atoms with E-state index in [4.69, 9.17) is 0 Å². The Morgan fingerprint density at radius 2 is 1.80 bits per heavy atom. The van der Waals surface area contributed by atoms with Crippen molar-refractivity contribution in [2.24, 2.45) is 0 Å². The molecule has 1 rings (SSSR count). The van der Waals surface area contributed by atoms with E-state index >= 15 is 0 Å². The fraction of sp³-hybridized carbons (Fsp3) is 0.333. The van der Waals surface area contributed by atoms with E-state index in [0.717, 1.165) is 18.4 Å². The van der Waals surface area contributed by atoms with Crippen molar-refractivity contribution in [3.05, 3.63) is 29.8 Å². The quantitative estimate of drug-likeness (QED) is 0.858. The molecule has 84 valence electrons. The highest BCUT2D eigenvalue weighted by Crippen LogP contribution is 2.17. The lowest BCUT2D eigenvalue weighted by Crippen LogP contribution is -2.15. The SMILES string of the molecule is CS(=O)(=O)CCNc1c(F)cccc1F. The number of hydrogen-bond donors (Lipinski definition) is 1. The maximum Gasteiger partial charge on any atom is 0.149 e. The molecule has 0 aliphatic rings. The zero-order valence-electron chi connectivity index (χ0n) is 8.13. The average Bonchev–Trinajstić information content (AvgIpc) is 2.08. The second kappa shape index (κ2) is 4.57. The summed E-state index contributed by atoms with van der Waals surface area (Å²) in [6, 6.07) is 3.45. The van der Waals surface area contributed by atoms with Gasteiger partial charge in [0.2, 0.25) is 0 Å². The third-order valence-corrected chi connectivity index (χ3v) is 2.68. The van der Waals surface area contributed by atoms with Gasteiger partial charge in [0, 0.05) is 12.8 Å². The molecule has 0 bridgehead atoms. The second-order valence-corrected chi connectivity index (χ2v) is 5.41. The van der Waals surface area contributed by atoms with Crippen LogP contribution in [0.4, 0.5) is 14.5 Å². The number of anilines is 1. The van der Waals surface area contributed by atoms with Gasteiger partial charge in [-0.3, -0.25) is 0 Å². The van der Waals surface area contributed by atoms with Crippen LogP contribution in [0, 0.1) is 11.6 Å². The molecular formula is C9H11F2NO2S. The first-order valence-electron chi connectivity index (χ1n) is 4.26. The van der Waals surface area contributed by atoms with Crippen LogP contribution in [0.15, 0.2) is 18.2 Å². The van der Waals surface area contributed by atoms with E-state index in [9.17, 15) is 17.2 Å². The van der Waals surface area contributed by atoms with E-state index in [0.29, 0.717) is 0 Å². The molecule has 0 spiro atoms. The van der Waals surface area contributed by atoms with Crippen molar-refractivity contribution in [3.63, 3.8) is 0 Å². The summed E-state index contributed by atoms with van der Waals surface area (Å²) in [6.45, 7) is -0.0172. The first-order valence-corrected chi connectivity index (χ1v) is 6.32. The summed E-state index contributed by atoms with van der Waals surface area (Å²) < 4.78 is 47.6. The van der Waals surface area contributed by atoms with Gasteiger partial charge in [0.25, 0.3) is 0 Å². The molecule has 3 nitrogen and oxygen atoms in total. The minimum atomic E-state index is -3.13. The van der Waals surface area contributed by atoms with Gasteiger partial charge in [-0.2, -0.15) is 0 Å². The fourth-order valence-electron chi connectivity index (χ4n) is 1.03. The smallest absolute Gasteiger partial charge is 0.149 e. The molecule has 1 aromatic carbocycles. The van der Waals surface area contributed by atoms with Gasteiger partial charge in [-0.05, 0) is 12.1 Å². The molecule has 0 atom stereocenters. The monoisotopic (exact) mass is 235 g/mol. The highest BCUT2D eigenvalue weighted by molar-refractivity contribution is 7.90. The number of benzene rings is 1. The Morgan fingerprint density at radius 1 is 1.27 bits per heavy atom. The first kappa shape index (κ1) is 11.9. The van der Waals surface area contributed by atoms with E-state index in [2.05, 4.69) is 5.32 Å². The molecule has 6 heteroatoms. The Balaban J connectivity index is 2.66. The summed E-state index contributed by atoms with van der Waals surface area (Å²) in [5.41, 5.74) is -0.291. The molecule has 0 aliphatic carbocycles. The van der Waals surface area contributed by atoms with Crippen molar-refractivity contribution in [2.75, 3.05) is 23.9 Å². The molecule has 1 aromatic rings. The maximum absolute atomic E-state index is 13.0. The van der Waals surface area contributed by atoms with Crippen LogP contribution in [-0.2, 0) is 9.84 Å². The van der Waals surface area contributed by atoms with Gasteiger partial charge >= 0.3 is 0 Å². The van der Waals surface area contributed by atoms with E-state index in [1.54, 1.807) is 0 Å². The standard InChI is InChI=1S/C9H11F2NO2S/c1-15(13,14)6-5-12-9-7(10)3-2-4-8(9)11/h2-4,12H,5-6H2,1H3. The molecule has 0 saturated carbocycles. The zero-order chi connectivity index (χ0) is 11.5. The number of hydrogen-bond acceptors (Lipinski definition) is 3. The molecule has 0 radical (unpaired) electrons. The van der Waals surface area contributed by atoms with Crippen molar-refractivity contribution >= 4 is 15.5 Å². The first-order chi connectivity index (χ1) is 6.90. The van der Waals surface area contributed by atoms with Gasteiger partial charge in [0.15, 0.2) is 0 Å².